The van der Waals surface area contributed by atoms with E-state index in [0.717, 1.165) is 55.7 Å². The number of rotatable bonds is 7. The number of benzene rings is 1. The number of alkyl halides is 3. The lowest BCUT2D eigenvalue weighted by atomic mass is 9.72. The summed E-state index contributed by atoms with van der Waals surface area (Å²) in [6.45, 7) is 3.58. The molecule has 0 radical (unpaired) electrons. The van der Waals surface area contributed by atoms with Crippen LogP contribution < -0.4 is 5.32 Å². The van der Waals surface area contributed by atoms with Crippen LogP contribution in [0.3, 0.4) is 0 Å². The van der Waals surface area contributed by atoms with Crippen molar-refractivity contribution < 1.29 is 27.9 Å². The highest BCUT2D eigenvalue weighted by molar-refractivity contribution is 5.98. The number of aromatic nitrogens is 1. The fourth-order valence-electron chi connectivity index (χ4n) is 6.82. The van der Waals surface area contributed by atoms with Gasteiger partial charge in [0, 0.05) is 49.8 Å². The largest absolute Gasteiger partial charge is 0.416 e. The molecule has 38 heavy (non-hydrogen) atoms. The minimum atomic E-state index is -4.52. The Hall–Kier alpha value is -2.78. The number of carbonyl (C=O) groups excluding carboxylic acids is 2. The molecule has 3 aliphatic rings. The zero-order valence-electron chi connectivity index (χ0n) is 21.5. The van der Waals surface area contributed by atoms with Crippen LogP contribution in [-0.2, 0) is 16.6 Å². The first kappa shape index (κ1) is 26.8. The van der Waals surface area contributed by atoms with E-state index in [1.807, 2.05) is 25.3 Å². The van der Waals surface area contributed by atoms with Gasteiger partial charge in [-0.3, -0.25) is 19.5 Å². The molecule has 9 heteroatoms. The first-order chi connectivity index (χ1) is 18.0. The predicted octanol–water partition coefficient (Wildman–Crippen LogP) is 4.64. The van der Waals surface area contributed by atoms with Crippen molar-refractivity contribution in [3.8, 4) is 0 Å². The van der Waals surface area contributed by atoms with Gasteiger partial charge in [-0.05, 0) is 74.6 Å². The Labute approximate surface area is 220 Å². The van der Waals surface area contributed by atoms with Gasteiger partial charge in [-0.2, -0.15) is 13.2 Å². The van der Waals surface area contributed by atoms with E-state index in [1.54, 1.807) is 0 Å². The van der Waals surface area contributed by atoms with Gasteiger partial charge >= 0.3 is 6.18 Å². The van der Waals surface area contributed by atoms with Crippen LogP contribution in [0.15, 0.2) is 42.6 Å². The third kappa shape index (κ3) is 5.64. The quantitative estimate of drug-likeness (QED) is 0.511. The number of aryl methyl sites for hydroxylation is 1. The molecule has 5 rings (SSSR count). The molecule has 2 aliphatic carbocycles. The number of amides is 1. The highest BCUT2D eigenvalue weighted by atomic mass is 19.4. The Kier molecular flexibility index (Phi) is 7.35. The van der Waals surface area contributed by atoms with Gasteiger partial charge in [-0.25, -0.2) is 0 Å². The molecular formula is C29H34F3N3O3. The van der Waals surface area contributed by atoms with E-state index in [9.17, 15) is 27.9 Å². The zero-order valence-corrected chi connectivity index (χ0v) is 21.5. The summed E-state index contributed by atoms with van der Waals surface area (Å²) >= 11 is 0. The molecule has 3 fully saturated rings. The van der Waals surface area contributed by atoms with Crippen LogP contribution in [0.4, 0.5) is 13.2 Å². The smallest absolute Gasteiger partial charge is 0.384 e. The lowest BCUT2D eigenvalue weighted by Gasteiger charge is -2.44. The number of carbonyl (C=O) groups is 2. The number of fused-ring (bicyclic) bond motifs is 2. The second kappa shape index (κ2) is 10.4. The first-order valence-electron chi connectivity index (χ1n) is 13.4. The van der Waals surface area contributed by atoms with Gasteiger partial charge in [0.15, 0.2) is 5.78 Å². The van der Waals surface area contributed by atoms with Gasteiger partial charge in [0.25, 0.3) is 0 Å². The third-order valence-corrected chi connectivity index (χ3v) is 8.56. The maximum Gasteiger partial charge on any atom is 0.416 e. The second-order valence-corrected chi connectivity index (χ2v) is 11.3. The number of nitrogens with one attached hydrogen (secondary N) is 1. The average molecular weight is 530 g/mol. The molecule has 2 saturated carbocycles. The normalized spacial score (nSPS) is 29.4. The lowest BCUT2D eigenvalue weighted by Crippen LogP contribution is -2.50. The van der Waals surface area contributed by atoms with Crippen molar-refractivity contribution in [1.29, 1.82) is 0 Å². The number of hydrogen-bond acceptors (Lipinski definition) is 5. The number of ketones is 1. The average Bonchev–Trinajstić information content (AvgIpc) is 3.44. The van der Waals surface area contributed by atoms with Crippen LogP contribution >= 0.6 is 0 Å². The van der Waals surface area contributed by atoms with E-state index in [2.05, 4.69) is 15.2 Å². The summed E-state index contributed by atoms with van der Waals surface area (Å²) < 4.78 is 38.8. The van der Waals surface area contributed by atoms with Crippen LogP contribution in [0, 0.1) is 18.8 Å². The number of nitrogens with zero attached hydrogens (tertiary/aromatic N) is 2. The Morgan fingerprint density at radius 3 is 2.50 bits per heavy atom. The highest BCUT2D eigenvalue weighted by Gasteiger charge is 2.52. The van der Waals surface area contributed by atoms with Crippen molar-refractivity contribution in [1.82, 2.24) is 15.2 Å². The lowest BCUT2D eigenvalue weighted by molar-refractivity contribution is -0.137. The zero-order chi connectivity index (χ0) is 27.1. The molecule has 204 valence electrons. The minimum Gasteiger partial charge on any atom is -0.384 e. The second-order valence-electron chi connectivity index (χ2n) is 11.3. The molecule has 2 aromatic rings. The first-order valence-corrected chi connectivity index (χ1v) is 13.4. The number of Topliss-reactive ketones (excluding diaryl/α,β-unsaturated/α-hetero) is 1. The maximum absolute atomic E-state index is 12.9. The van der Waals surface area contributed by atoms with Crippen LogP contribution in [0.1, 0.15) is 72.1 Å². The molecule has 0 spiro atoms. The number of hydrogen-bond donors (Lipinski definition) is 2. The van der Waals surface area contributed by atoms with Crippen molar-refractivity contribution >= 4 is 11.7 Å². The van der Waals surface area contributed by atoms with Crippen LogP contribution in [0.2, 0.25) is 0 Å². The molecule has 1 saturated heterocycles. The molecule has 2 unspecified atom stereocenters. The minimum absolute atomic E-state index is 0.0230. The van der Waals surface area contributed by atoms with Gasteiger partial charge in [0.05, 0.1) is 11.3 Å². The van der Waals surface area contributed by atoms with E-state index >= 15 is 0 Å². The molecule has 2 N–H and O–H groups in total. The number of halogens is 3. The van der Waals surface area contributed by atoms with E-state index in [4.69, 9.17) is 0 Å². The van der Waals surface area contributed by atoms with E-state index in [-0.39, 0.29) is 30.4 Å². The summed E-state index contributed by atoms with van der Waals surface area (Å²) in [5, 5.41) is 14.5. The number of likely N-dealkylation sites (tertiary alicyclic amines) is 1. The summed E-state index contributed by atoms with van der Waals surface area (Å²) in [4.78, 5) is 31.9. The molecule has 2 bridgehead atoms. The van der Waals surface area contributed by atoms with Gasteiger partial charge < -0.3 is 10.4 Å². The SMILES string of the molecule is Cc1ccc(C2(O)CC3CCC(C2)C3N2CC[C@@H](NC(=O)CCC(=O)c3cccc(C(F)(F)F)c3)C2)nc1. The monoisotopic (exact) mass is 529 g/mol. The molecule has 1 aromatic carbocycles. The fourth-order valence-corrected chi connectivity index (χ4v) is 6.82. The molecule has 1 amide bonds. The maximum atomic E-state index is 12.9. The van der Waals surface area contributed by atoms with E-state index in [0.29, 0.717) is 30.7 Å². The summed E-state index contributed by atoms with van der Waals surface area (Å²) in [6, 6.07) is 8.61. The third-order valence-electron chi connectivity index (χ3n) is 8.56. The van der Waals surface area contributed by atoms with Crippen molar-refractivity contribution in [2.75, 3.05) is 13.1 Å². The van der Waals surface area contributed by atoms with Crippen LogP contribution in [-0.4, -0.2) is 51.9 Å². The van der Waals surface area contributed by atoms with Crippen LogP contribution in [0.5, 0.6) is 0 Å². The molecule has 1 aromatic heterocycles. The Bertz CT molecular complexity index is 1170. The fraction of sp³-hybridized carbons (Fsp3) is 0.552. The summed E-state index contributed by atoms with van der Waals surface area (Å²) in [5.74, 6) is 0.0139. The van der Waals surface area contributed by atoms with Gasteiger partial charge in [0.2, 0.25) is 5.91 Å². The van der Waals surface area contributed by atoms with E-state index < -0.39 is 23.1 Å². The van der Waals surface area contributed by atoms with Crippen molar-refractivity contribution in [2.24, 2.45) is 11.8 Å². The molecule has 6 nitrogen and oxygen atoms in total. The van der Waals surface area contributed by atoms with Crippen LogP contribution in [0.25, 0.3) is 0 Å². The van der Waals surface area contributed by atoms with Crippen molar-refractivity contribution in [2.45, 2.75) is 75.7 Å². The topological polar surface area (TPSA) is 82.5 Å². The Morgan fingerprint density at radius 1 is 1.11 bits per heavy atom. The van der Waals surface area contributed by atoms with Gasteiger partial charge in [-0.1, -0.05) is 18.2 Å². The summed E-state index contributed by atoms with van der Waals surface area (Å²) in [5.41, 5.74) is 0.0245. The van der Waals surface area contributed by atoms with Crippen molar-refractivity contribution in [3.63, 3.8) is 0 Å². The van der Waals surface area contributed by atoms with E-state index in [1.165, 1.54) is 12.1 Å². The molecule has 1 aliphatic heterocycles. The molecular weight excluding hydrogens is 495 g/mol. The summed E-state index contributed by atoms with van der Waals surface area (Å²) in [6.07, 6.45) is 1.44. The number of aliphatic hydroxyl groups is 1. The Morgan fingerprint density at radius 2 is 1.84 bits per heavy atom. The van der Waals surface area contributed by atoms with Crippen molar-refractivity contribution in [3.05, 3.63) is 65.0 Å². The predicted molar refractivity (Wildman–Crippen MR) is 135 cm³/mol. The standard InChI is InChI=1S/C29H34F3N3O3/c1-18-5-9-25(33-16-18)28(38)14-20-6-7-21(15-28)27(20)35-12-11-23(17-35)34-26(37)10-8-24(36)19-3-2-4-22(13-19)29(30,31)32/h2-5,9,13,16,20-21,23,27,38H,6-8,10-12,14-15,17H2,1H3,(H,34,37)/t20?,21?,23-,27?,28?/m1/s1. The summed E-state index contributed by atoms with van der Waals surface area (Å²) in [7, 11) is 0. The Balaban J connectivity index is 1.12. The van der Waals surface area contributed by atoms with Gasteiger partial charge in [0.1, 0.15) is 5.60 Å². The molecule has 3 atom stereocenters. The number of pyridine rings is 1. The van der Waals surface area contributed by atoms with Gasteiger partial charge in [-0.15, -0.1) is 0 Å². The highest BCUT2D eigenvalue weighted by Crippen LogP contribution is 2.52. The molecule has 2 heterocycles.